The van der Waals surface area contributed by atoms with Crippen molar-refractivity contribution in [3.63, 3.8) is 0 Å². The second-order valence-electron chi connectivity index (χ2n) is 8.09. The van der Waals surface area contributed by atoms with Crippen LogP contribution in [0.25, 0.3) is 0 Å². The number of piperidine rings is 1. The third-order valence-electron chi connectivity index (χ3n) is 5.92. The number of benzene rings is 2. The van der Waals surface area contributed by atoms with Gasteiger partial charge in [0.1, 0.15) is 6.04 Å². The molecular formula is C25H28N4O4. The Morgan fingerprint density at radius 3 is 2.64 bits per heavy atom. The predicted molar refractivity (Wildman–Crippen MR) is 122 cm³/mol. The van der Waals surface area contributed by atoms with E-state index in [9.17, 15) is 14.4 Å². The molecule has 1 atom stereocenters. The summed E-state index contributed by atoms with van der Waals surface area (Å²) in [5.74, 6) is -3.22. The zero-order valence-electron chi connectivity index (χ0n) is 23.9. The van der Waals surface area contributed by atoms with Crippen LogP contribution in [0.5, 0.6) is 0 Å². The number of nitrogens with zero attached hydrogens (tertiary/aromatic N) is 2. The van der Waals surface area contributed by atoms with Gasteiger partial charge in [0.15, 0.2) is 0 Å². The molecule has 172 valence electrons. The first kappa shape index (κ1) is 15.6. The number of nitrogens with one attached hydrogen (secondary N) is 2. The Labute approximate surface area is 201 Å². The summed E-state index contributed by atoms with van der Waals surface area (Å²) in [6.07, 6.45) is -6.04. The third-order valence-corrected chi connectivity index (χ3v) is 5.92. The maximum absolute atomic E-state index is 13.2. The number of imide groups is 1. The minimum absolute atomic E-state index is 0.137. The molecule has 5 rings (SSSR count). The summed E-state index contributed by atoms with van der Waals surface area (Å²) in [6, 6.07) is 9.84. The Balaban J connectivity index is 1.36. The average molecular weight is 455 g/mol. The maximum atomic E-state index is 13.2. The molecule has 0 aliphatic carbocycles. The van der Waals surface area contributed by atoms with Crippen LogP contribution in [0.1, 0.15) is 48.0 Å². The average Bonchev–Trinajstić information content (AvgIpc) is 3.21. The van der Waals surface area contributed by atoms with Gasteiger partial charge in [-0.3, -0.25) is 24.6 Å². The Morgan fingerprint density at radius 2 is 1.85 bits per heavy atom. The lowest BCUT2D eigenvalue weighted by Crippen LogP contribution is -2.52. The third kappa shape index (κ3) is 4.62. The number of anilines is 1. The van der Waals surface area contributed by atoms with Gasteiger partial charge in [-0.2, -0.15) is 0 Å². The quantitative estimate of drug-likeness (QED) is 0.648. The Bertz CT molecular complexity index is 1310. The van der Waals surface area contributed by atoms with E-state index in [0.29, 0.717) is 24.3 Å². The molecule has 3 amide bonds. The summed E-state index contributed by atoms with van der Waals surface area (Å²) >= 11 is 0. The molecule has 3 heterocycles. The second-order valence-corrected chi connectivity index (χ2v) is 8.09. The van der Waals surface area contributed by atoms with Crippen molar-refractivity contribution in [2.24, 2.45) is 0 Å². The van der Waals surface area contributed by atoms with Crippen LogP contribution in [0.3, 0.4) is 0 Å². The fourth-order valence-electron chi connectivity index (χ4n) is 4.16. The van der Waals surface area contributed by atoms with Gasteiger partial charge < -0.3 is 15.0 Å². The SMILES string of the molecule is [2H]C([2H])(Nc1cccc2c1CN(C1C(=O)NC(=O)C([2H])([2H])C1([2H])[2H])C2=O)c1ccc(CN2CCOCC2)cc1. The normalized spacial score (nSPS) is 27.3. The summed E-state index contributed by atoms with van der Waals surface area (Å²) in [6.45, 7) is 1.47. The number of ether oxygens (including phenoxy) is 1. The molecule has 0 aromatic heterocycles. The van der Waals surface area contributed by atoms with Gasteiger partial charge in [0.25, 0.3) is 5.91 Å². The van der Waals surface area contributed by atoms with Crippen molar-refractivity contribution >= 4 is 23.4 Å². The molecule has 1 unspecified atom stereocenters. The molecule has 8 nitrogen and oxygen atoms in total. The van der Waals surface area contributed by atoms with Crippen molar-refractivity contribution in [3.05, 3.63) is 64.7 Å². The molecule has 3 aliphatic heterocycles. The largest absolute Gasteiger partial charge is 0.381 e. The van der Waals surface area contributed by atoms with E-state index < -0.39 is 43.0 Å². The highest BCUT2D eigenvalue weighted by atomic mass is 16.5. The molecule has 2 N–H and O–H groups in total. The van der Waals surface area contributed by atoms with Gasteiger partial charge in [-0.15, -0.1) is 0 Å². The van der Waals surface area contributed by atoms with Gasteiger partial charge in [-0.05, 0) is 29.6 Å². The highest BCUT2D eigenvalue weighted by Crippen LogP contribution is 2.32. The molecular weight excluding hydrogens is 420 g/mol. The summed E-state index contributed by atoms with van der Waals surface area (Å²) in [7, 11) is 0. The van der Waals surface area contributed by atoms with Gasteiger partial charge in [0.05, 0.1) is 16.0 Å². The molecule has 8 heteroatoms. The van der Waals surface area contributed by atoms with Crippen molar-refractivity contribution in [3.8, 4) is 0 Å². The van der Waals surface area contributed by atoms with Gasteiger partial charge in [-0.25, -0.2) is 0 Å². The molecule has 0 saturated carbocycles. The summed E-state index contributed by atoms with van der Waals surface area (Å²) < 4.78 is 55.0. The smallest absolute Gasteiger partial charge is 0.255 e. The van der Waals surface area contributed by atoms with Crippen LogP contribution in [0.15, 0.2) is 42.5 Å². The van der Waals surface area contributed by atoms with E-state index in [1.165, 1.54) is 6.07 Å². The minimum atomic E-state index is -3.05. The van der Waals surface area contributed by atoms with Crippen LogP contribution in [-0.2, 0) is 33.9 Å². The van der Waals surface area contributed by atoms with E-state index in [-0.39, 0.29) is 17.8 Å². The molecule has 2 aromatic carbocycles. The molecule has 2 fully saturated rings. The Morgan fingerprint density at radius 1 is 1.09 bits per heavy atom. The van der Waals surface area contributed by atoms with Crippen LogP contribution in [0, 0.1) is 0 Å². The number of amides is 3. The fourth-order valence-corrected chi connectivity index (χ4v) is 4.16. The molecule has 33 heavy (non-hydrogen) atoms. The van der Waals surface area contributed by atoms with Crippen molar-refractivity contribution in [1.82, 2.24) is 15.1 Å². The first-order valence-corrected chi connectivity index (χ1v) is 10.8. The van der Waals surface area contributed by atoms with Crippen LogP contribution in [0.2, 0.25) is 0 Å². The fraction of sp³-hybridized carbons (Fsp3) is 0.400. The second kappa shape index (κ2) is 9.33. The number of fused-ring (bicyclic) bond motifs is 1. The van der Waals surface area contributed by atoms with E-state index in [1.807, 2.05) is 17.4 Å². The highest BCUT2D eigenvalue weighted by Gasteiger charge is 2.39. The van der Waals surface area contributed by atoms with Crippen molar-refractivity contribution in [1.29, 1.82) is 0 Å². The lowest BCUT2D eigenvalue weighted by atomic mass is 10.0. The summed E-state index contributed by atoms with van der Waals surface area (Å²) in [4.78, 5) is 41.0. The van der Waals surface area contributed by atoms with Crippen LogP contribution in [0.4, 0.5) is 5.69 Å². The van der Waals surface area contributed by atoms with E-state index >= 15 is 0 Å². The standard InChI is InChI=1S/C25H28N4O4/c30-23-9-8-22(24(31)27-23)29-16-20-19(25(29)32)2-1-3-21(20)26-14-17-4-6-18(7-5-17)15-28-10-12-33-13-11-28/h1-7,22,26H,8-16H2,(H,27,30,31)/i8D2,9D2,14D2. The number of hydrogen-bond donors (Lipinski definition) is 2. The predicted octanol–water partition coefficient (Wildman–Crippen LogP) is 1.89. The van der Waals surface area contributed by atoms with E-state index in [4.69, 9.17) is 13.0 Å². The highest BCUT2D eigenvalue weighted by molar-refractivity contribution is 6.06. The topological polar surface area (TPSA) is 91.0 Å². The number of morpholine rings is 1. The minimum Gasteiger partial charge on any atom is -0.381 e. The monoisotopic (exact) mass is 454 g/mol. The maximum Gasteiger partial charge on any atom is 0.255 e. The van der Waals surface area contributed by atoms with E-state index in [2.05, 4.69) is 10.2 Å². The van der Waals surface area contributed by atoms with Gasteiger partial charge in [0.2, 0.25) is 11.8 Å². The number of carbonyl (C=O) groups excluding carboxylic acids is 3. The first-order chi connectivity index (χ1) is 18.3. The number of rotatable bonds is 6. The molecule has 0 spiro atoms. The first-order valence-electron chi connectivity index (χ1n) is 13.8. The summed E-state index contributed by atoms with van der Waals surface area (Å²) in [5.41, 5.74) is 2.16. The van der Waals surface area contributed by atoms with E-state index in [1.54, 1.807) is 24.3 Å². The van der Waals surface area contributed by atoms with Crippen molar-refractivity contribution in [2.75, 3.05) is 31.6 Å². The van der Waals surface area contributed by atoms with Crippen LogP contribution < -0.4 is 10.6 Å². The molecule has 2 saturated heterocycles. The summed E-state index contributed by atoms with van der Waals surface area (Å²) in [5, 5.41) is 4.67. The molecule has 3 aliphatic rings. The molecule has 2 aromatic rings. The van der Waals surface area contributed by atoms with Crippen molar-refractivity contribution < 1.29 is 27.3 Å². The molecule has 0 bridgehead atoms. The zero-order chi connectivity index (χ0) is 28.2. The number of hydrogen-bond acceptors (Lipinski definition) is 6. The Kier molecular flexibility index (Phi) is 4.40. The lowest BCUT2D eigenvalue weighted by molar-refractivity contribution is -0.136. The van der Waals surface area contributed by atoms with E-state index in [0.717, 1.165) is 30.1 Å². The van der Waals surface area contributed by atoms with Crippen LogP contribution >= 0.6 is 0 Å². The Hall–Kier alpha value is -3.23. The number of carbonyl (C=O) groups is 3. The van der Waals surface area contributed by atoms with Gasteiger partial charge in [-0.1, -0.05) is 30.3 Å². The van der Waals surface area contributed by atoms with Crippen molar-refractivity contribution in [2.45, 2.75) is 38.4 Å². The van der Waals surface area contributed by atoms with Gasteiger partial charge >= 0.3 is 0 Å². The lowest BCUT2D eigenvalue weighted by Gasteiger charge is -2.29. The van der Waals surface area contributed by atoms with Gasteiger partial charge in [0, 0.05) is 61.3 Å². The van der Waals surface area contributed by atoms with Crippen LogP contribution in [-0.4, -0.2) is 59.9 Å². The zero-order valence-corrected chi connectivity index (χ0v) is 17.9. The molecule has 0 radical (unpaired) electrons.